The summed E-state index contributed by atoms with van der Waals surface area (Å²) in [7, 11) is 0. The minimum Gasteiger partial charge on any atom is -0.490 e. The van der Waals surface area contributed by atoms with E-state index in [2.05, 4.69) is 45.1 Å². The Labute approximate surface area is 165 Å². The van der Waals surface area contributed by atoms with Crippen LogP contribution in [0.25, 0.3) is 10.9 Å². The largest absolute Gasteiger partial charge is 0.490 e. The zero-order valence-electron chi connectivity index (χ0n) is 16.3. The fraction of sp³-hybridized carbons (Fsp3) is 0.500. The Balaban J connectivity index is 1.24. The Hall–Kier alpha value is -2.31. The molecule has 4 heterocycles. The van der Waals surface area contributed by atoms with Crippen LogP contribution in [0.4, 0.5) is 0 Å². The predicted octanol–water partition coefficient (Wildman–Crippen LogP) is 3.94. The van der Waals surface area contributed by atoms with E-state index in [0.29, 0.717) is 6.04 Å². The number of piperidine rings is 1. The van der Waals surface area contributed by atoms with Gasteiger partial charge in [0.2, 0.25) is 0 Å². The monoisotopic (exact) mass is 381 g/mol. The predicted molar refractivity (Wildman–Crippen MR) is 107 cm³/mol. The van der Waals surface area contributed by atoms with Crippen molar-refractivity contribution >= 4 is 10.9 Å². The van der Waals surface area contributed by atoms with Gasteiger partial charge in [0, 0.05) is 37.3 Å². The Morgan fingerprint density at radius 1 is 1.18 bits per heavy atom. The molecule has 1 atom stereocenters. The lowest BCUT2D eigenvalue weighted by molar-refractivity contribution is 0.0925. The van der Waals surface area contributed by atoms with E-state index >= 15 is 0 Å². The first-order valence-electron chi connectivity index (χ1n) is 10.2. The first-order chi connectivity index (χ1) is 13.8. The molecule has 0 N–H and O–H groups in total. The number of benzene rings is 1. The molecular formula is C22H27N3O3. The maximum absolute atomic E-state index is 6.44. The van der Waals surface area contributed by atoms with Crippen LogP contribution in [0.5, 0.6) is 5.75 Å². The Kier molecular flexibility index (Phi) is 4.82. The highest BCUT2D eigenvalue weighted by molar-refractivity contribution is 5.86. The topological polar surface area (TPSA) is 52.7 Å². The van der Waals surface area contributed by atoms with Crippen LogP contribution in [-0.2, 0) is 11.3 Å². The van der Waals surface area contributed by atoms with Crippen molar-refractivity contribution in [3.05, 3.63) is 48.0 Å². The van der Waals surface area contributed by atoms with Crippen LogP contribution >= 0.6 is 0 Å². The van der Waals surface area contributed by atoms with Gasteiger partial charge >= 0.3 is 0 Å². The minimum absolute atomic E-state index is 0.261. The molecule has 6 nitrogen and oxygen atoms in total. The van der Waals surface area contributed by atoms with E-state index in [1.165, 1.54) is 10.9 Å². The van der Waals surface area contributed by atoms with E-state index < -0.39 is 0 Å². The summed E-state index contributed by atoms with van der Waals surface area (Å²) in [5.74, 6) is 1.94. The third-order valence-corrected chi connectivity index (χ3v) is 5.91. The van der Waals surface area contributed by atoms with Gasteiger partial charge in [-0.2, -0.15) is 0 Å². The molecule has 2 aromatic heterocycles. The van der Waals surface area contributed by atoms with Gasteiger partial charge < -0.3 is 18.6 Å². The van der Waals surface area contributed by atoms with Crippen molar-refractivity contribution in [3.8, 4) is 5.75 Å². The number of fused-ring (bicyclic) bond motifs is 1. The quantitative estimate of drug-likeness (QED) is 0.670. The van der Waals surface area contributed by atoms with E-state index in [1.54, 1.807) is 0 Å². The van der Waals surface area contributed by atoms with Gasteiger partial charge in [0.15, 0.2) is 5.76 Å². The Morgan fingerprint density at radius 2 is 2.07 bits per heavy atom. The summed E-state index contributed by atoms with van der Waals surface area (Å²) in [6.07, 6.45) is 5.58. The average molecular weight is 381 g/mol. The smallest absolute Gasteiger partial charge is 0.150 e. The molecule has 148 valence electrons. The zero-order chi connectivity index (χ0) is 18.9. The van der Waals surface area contributed by atoms with Crippen molar-refractivity contribution in [2.75, 3.05) is 26.3 Å². The van der Waals surface area contributed by atoms with Gasteiger partial charge in [-0.05, 0) is 44.4 Å². The molecule has 0 saturated carbocycles. The number of aromatic nitrogens is 2. The summed E-state index contributed by atoms with van der Waals surface area (Å²) >= 11 is 0. The van der Waals surface area contributed by atoms with Gasteiger partial charge in [0.05, 0.1) is 30.4 Å². The number of aryl methyl sites for hydroxylation is 1. The first-order valence-corrected chi connectivity index (χ1v) is 10.2. The van der Waals surface area contributed by atoms with Gasteiger partial charge in [-0.15, -0.1) is 0 Å². The summed E-state index contributed by atoms with van der Waals surface area (Å²) in [5, 5.41) is 5.18. The second-order valence-electron chi connectivity index (χ2n) is 7.96. The van der Waals surface area contributed by atoms with Crippen molar-refractivity contribution in [1.29, 1.82) is 0 Å². The van der Waals surface area contributed by atoms with Crippen molar-refractivity contribution in [3.63, 3.8) is 0 Å². The maximum atomic E-state index is 6.44. The van der Waals surface area contributed by atoms with E-state index in [-0.39, 0.29) is 6.10 Å². The number of hydrogen-bond acceptors (Lipinski definition) is 5. The molecule has 28 heavy (non-hydrogen) atoms. The van der Waals surface area contributed by atoms with Gasteiger partial charge in [-0.3, -0.25) is 4.90 Å². The molecule has 6 heteroatoms. The van der Waals surface area contributed by atoms with E-state index in [1.807, 2.05) is 13.0 Å². The highest BCUT2D eigenvalue weighted by atomic mass is 16.5. The third kappa shape index (κ3) is 3.54. The Bertz CT molecular complexity index is 934. The van der Waals surface area contributed by atoms with Crippen LogP contribution in [-0.4, -0.2) is 47.0 Å². The van der Waals surface area contributed by atoms with E-state index in [9.17, 15) is 0 Å². The lowest BCUT2D eigenvalue weighted by Gasteiger charge is -2.31. The number of ether oxygens (including phenoxy) is 2. The summed E-state index contributed by atoms with van der Waals surface area (Å²) in [5.41, 5.74) is 2.18. The summed E-state index contributed by atoms with van der Waals surface area (Å²) in [6, 6.07) is 11.0. The van der Waals surface area contributed by atoms with E-state index in [4.69, 9.17) is 14.0 Å². The standard InChI is InChI=1S/C22H27N3O3/c1-16-13-19(28-23-16)14-24-9-5-18(6-10-24)27-22-4-2-3-21-20(22)7-11-25(21)17-8-12-26-15-17/h2-4,7,11,13,17-18H,5-6,8-10,12,14-15H2,1H3. The maximum Gasteiger partial charge on any atom is 0.150 e. The van der Waals surface area contributed by atoms with Crippen LogP contribution in [0.3, 0.4) is 0 Å². The lowest BCUT2D eigenvalue weighted by atomic mass is 10.1. The van der Waals surface area contributed by atoms with Crippen LogP contribution in [0.2, 0.25) is 0 Å². The second kappa shape index (κ2) is 7.60. The minimum atomic E-state index is 0.261. The number of nitrogens with zero attached hydrogens (tertiary/aromatic N) is 3. The van der Waals surface area contributed by atoms with Crippen molar-refractivity contribution in [1.82, 2.24) is 14.6 Å². The van der Waals surface area contributed by atoms with Crippen LogP contribution < -0.4 is 4.74 Å². The molecule has 5 rings (SSSR count). The van der Waals surface area contributed by atoms with Crippen molar-refractivity contribution < 1.29 is 14.0 Å². The molecular weight excluding hydrogens is 354 g/mol. The third-order valence-electron chi connectivity index (χ3n) is 5.91. The van der Waals surface area contributed by atoms with Gasteiger partial charge in [0.25, 0.3) is 0 Å². The number of rotatable bonds is 5. The summed E-state index contributed by atoms with van der Waals surface area (Å²) in [6.45, 7) is 6.47. The van der Waals surface area contributed by atoms with Crippen LogP contribution in [0, 0.1) is 6.92 Å². The molecule has 1 unspecified atom stereocenters. The molecule has 2 saturated heterocycles. The molecule has 0 radical (unpaired) electrons. The normalized spacial score (nSPS) is 21.5. The number of likely N-dealkylation sites (tertiary alicyclic amines) is 1. The second-order valence-corrected chi connectivity index (χ2v) is 7.96. The molecule has 0 aliphatic carbocycles. The van der Waals surface area contributed by atoms with Gasteiger partial charge in [-0.25, -0.2) is 0 Å². The highest BCUT2D eigenvalue weighted by Crippen LogP contribution is 2.32. The fourth-order valence-electron chi connectivity index (χ4n) is 4.40. The molecule has 1 aromatic carbocycles. The molecule has 0 spiro atoms. The average Bonchev–Trinajstić information content (AvgIpc) is 3.44. The van der Waals surface area contributed by atoms with Crippen LogP contribution in [0.15, 0.2) is 41.1 Å². The van der Waals surface area contributed by atoms with E-state index in [0.717, 1.165) is 69.3 Å². The summed E-state index contributed by atoms with van der Waals surface area (Å²) in [4.78, 5) is 2.41. The highest BCUT2D eigenvalue weighted by Gasteiger charge is 2.23. The molecule has 2 aliphatic rings. The molecule has 2 fully saturated rings. The van der Waals surface area contributed by atoms with Gasteiger partial charge in [-0.1, -0.05) is 11.2 Å². The SMILES string of the molecule is Cc1cc(CN2CCC(Oc3cccc4c3ccn4C3CCOC3)CC2)on1. The number of hydrogen-bond donors (Lipinski definition) is 0. The lowest BCUT2D eigenvalue weighted by Crippen LogP contribution is -2.37. The van der Waals surface area contributed by atoms with Gasteiger partial charge in [0.1, 0.15) is 11.9 Å². The molecule has 0 bridgehead atoms. The van der Waals surface area contributed by atoms with Crippen molar-refractivity contribution in [2.24, 2.45) is 0 Å². The summed E-state index contributed by atoms with van der Waals surface area (Å²) < 4.78 is 19.7. The van der Waals surface area contributed by atoms with Crippen molar-refractivity contribution in [2.45, 2.75) is 44.9 Å². The zero-order valence-corrected chi connectivity index (χ0v) is 16.3. The fourth-order valence-corrected chi connectivity index (χ4v) is 4.40. The molecule has 2 aliphatic heterocycles. The van der Waals surface area contributed by atoms with Crippen LogP contribution in [0.1, 0.15) is 36.8 Å². The Morgan fingerprint density at radius 3 is 2.82 bits per heavy atom. The molecule has 3 aromatic rings. The first kappa shape index (κ1) is 17.8. The molecule has 0 amide bonds.